The van der Waals surface area contributed by atoms with Gasteiger partial charge in [-0.25, -0.2) is 4.39 Å². The first kappa shape index (κ1) is 16.3. The van der Waals surface area contributed by atoms with Crippen LogP contribution < -0.4 is 14.8 Å². The average molecular weight is 329 g/mol. The van der Waals surface area contributed by atoms with Gasteiger partial charge in [-0.3, -0.25) is 4.79 Å². The van der Waals surface area contributed by atoms with E-state index in [-0.39, 0.29) is 17.8 Å². The highest BCUT2D eigenvalue weighted by atomic mass is 19.1. The molecule has 0 aromatic heterocycles. The van der Waals surface area contributed by atoms with E-state index in [0.717, 1.165) is 29.0 Å². The number of hydrogen-bond acceptors (Lipinski definition) is 3. The molecule has 0 saturated carbocycles. The van der Waals surface area contributed by atoms with Crippen LogP contribution in [0.15, 0.2) is 36.4 Å². The average Bonchev–Trinajstić information content (AvgIpc) is 2.92. The first-order valence-corrected chi connectivity index (χ1v) is 8.06. The maximum atomic E-state index is 12.9. The van der Waals surface area contributed by atoms with Gasteiger partial charge in [-0.2, -0.15) is 0 Å². The standard InChI is InChI=1S/C19H20FNO3/c1-3-23-17-9-14-8-12(2)24-18(14)10-15(17)11-21-19(22)13-4-6-16(20)7-5-13/h4-7,9-10,12H,3,8,11H2,1-2H3,(H,21,22)/t12-/m0/s1. The lowest BCUT2D eigenvalue weighted by atomic mass is 10.1. The molecule has 0 bridgehead atoms. The van der Waals surface area contributed by atoms with E-state index in [2.05, 4.69) is 5.32 Å². The molecule has 4 nitrogen and oxygen atoms in total. The van der Waals surface area contributed by atoms with E-state index in [0.29, 0.717) is 18.7 Å². The maximum Gasteiger partial charge on any atom is 0.251 e. The summed E-state index contributed by atoms with van der Waals surface area (Å²) in [5.74, 6) is 0.979. The fourth-order valence-corrected chi connectivity index (χ4v) is 2.79. The number of nitrogens with one attached hydrogen (secondary N) is 1. The summed E-state index contributed by atoms with van der Waals surface area (Å²) in [7, 11) is 0. The van der Waals surface area contributed by atoms with Gasteiger partial charge in [0.2, 0.25) is 0 Å². The molecule has 2 aromatic carbocycles. The molecule has 1 N–H and O–H groups in total. The van der Waals surface area contributed by atoms with Crippen molar-refractivity contribution in [2.24, 2.45) is 0 Å². The van der Waals surface area contributed by atoms with Gasteiger partial charge in [-0.1, -0.05) is 0 Å². The van der Waals surface area contributed by atoms with Crippen molar-refractivity contribution in [2.75, 3.05) is 6.61 Å². The van der Waals surface area contributed by atoms with Crippen LogP contribution in [0, 0.1) is 5.82 Å². The van der Waals surface area contributed by atoms with Gasteiger partial charge in [-0.05, 0) is 50.2 Å². The van der Waals surface area contributed by atoms with Gasteiger partial charge in [0.05, 0.1) is 6.61 Å². The fourth-order valence-electron chi connectivity index (χ4n) is 2.79. The Balaban J connectivity index is 1.75. The van der Waals surface area contributed by atoms with Crippen LogP contribution in [0.25, 0.3) is 0 Å². The zero-order valence-corrected chi connectivity index (χ0v) is 13.8. The third kappa shape index (κ3) is 3.50. The van der Waals surface area contributed by atoms with E-state index in [1.807, 2.05) is 26.0 Å². The van der Waals surface area contributed by atoms with Crippen LogP contribution >= 0.6 is 0 Å². The molecule has 126 valence electrons. The lowest BCUT2D eigenvalue weighted by Crippen LogP contribution is -2.23. The molecule has 0 unspecified atom stereocenters. The predicted molar refractivity (Wildman–Crippen MR) is 89.0 cm³/mol. The summed E-state index contributed by atoms with van der Waals surface area (Å²) in [6.45, 7) is 4.81. The van der Waals surface area contributed by atoms with Gasteiger partial charge in [0.15, 0.2) is 0 Å². The van der Waals surface area contributed by atoms with Crippen molar-refractivity contribution in [3.05, 3.63) is 58.9 Å². The van der Waals surface area contributed by atoms with Crippen LogP contribution in [0.2, 0.25) is 0 Å². The van der Waals surface area contributed by atoms with Crippen LogP contribution in [0.3, 0.4) is 0 Å². The second-order valence-corrected chi connectivity index (χ2v) is 5.82. The Morgan fingerprint density at radius 2 is 2.08 bits per heavy atom. The molecule has 0 fully saturated rings. The molecular weight excluding hydrogens is 309 g/mol. The number of rotatable bonds is 5. The third-order valence-electron chi connectivity index (χ3n) is 3.92. The molecule has 3 rings (SSSR count). The summed E-state index contributed by atoms with van der Waals surface area (Å²) in [6, 6.07) is 9.37. The highest BCUT2D eigenvalue weighted by molar-refractivity contribution is 5.94. The van der Waals surface area contributed by atoms with Gasteiger partial charge in [0.1, 0.15) is 23.4 Å². The molecule has 0 spiro atoms. The smallest absolute Gasteiger partial charge is 0.251 e. The van der Waals surface area contributed by atoms with E-state index in [1.165, 1.54) is 24.3 Å². The number of carbonyl (C=O) groups excluding carboxylic acids is 1. The molecule has 2 aromatic rings. The molecule has 1 amide bonds. The van der Waals surface area contributed by atoms with Crippen molar-refractivity contribution in [1.29, 1.82) is 0 Å². The topological polar surface area (TPSA) is 47.6 Å². The molecule has 1 atom stereocenters. The van der Waals surface area contributed by atoms with E-state index < -0.39 is 0 Å². The SMILES string of the molecule is CCOc1cc2c(cc1CNC(=O)c1ccc(F)cc1)O[C@@H](C)C2. The number of ether oxygens (including phenoxy) is 2. The zero-order valence-electron chi connectivity index (χ0n) is 13.8. The van der Waals surface area contributed by atoms with E-state index >= 15 is 0 Å². The monoisotopic (exact) mass is 329 g/mol. The molecule has 0 radical (unpaired) electrons. The first-order valence-electron chi connectivity index (χ1n) is 8.06. The number of fused-ring (bicyclic) bond motifs is 1. The molecule has 24 heavy (non-hydrogen) atoms. The minimum absolute atomic E-state index is 0.151. The minimum Gasteiger partial charge on any atom is -0.494 e. The van der Waals surface area contributed by atoms with Crippen LogP contribution in [0.4, 0.5) is 4.39 Å². The molecule has 5 heteroatoms. The molecule has 0 aliphatic carbocycles. The number of amides is 1. The van der Waals surface area contributed by atoms with Crippen LogP contribution in [0.5, 0.6) is 11.5 Å². The lowest BCUT2D eigenvalue weighted by Gasteiger charge is -2.13. The van der Waals surface area contributed by atoms with E-state index in [1.54, 1.807) is 0 Å². The second kappa shape index (κ2) is 6.91. The van der Waals surface area contributed by atoms with Crippen molar-refractivity contribution >= 4 is 5.91 Å². The Morgan fingerprint density at radius 1 is 1.33 bits per heavy atom. The van der Waals surface area contributed by atoms with Gasteiger partial charge >= 0.3 is 0 Å². The molecule has 1 aliphatic rings. The number of benzene rings is 2. The predicted octanol–water partition coefficient (Wildman–Crippen LogP) is 3.48. The molecule has 0 saturated heterocycles. The Bertz CT molecular complexity index is 743. The van der Waals surface area contributed by atoms with Gasteiger partial charge < -0.3 is 14.8 Å². The fraction of sp³-hybridized carbons (Fsp3) is 0.316. The Hall–Kier alpha value is -2.56. The van der Waals surface area contributed by atoms with Crippen molar-refractivity contribution in [2.45, 2.75) is 32.9 Å². The van der Waals surface area contributed by atoms with Crippen molar-refractivity contribution in [3.63, 3.8) is 0 Å². The summed E-state index contributed by atoms with van der Waals surface area (Å²) < 4.78 is 24.4. The normalized spacial score (nSPS) is 15.5. The highest BCUT2D eigenvalue weighted by Gasteiger charge is 2.22. The Morgan fingerprint density at radius 3 is 2.79 bits per heavy atom. The summed E-state index contributed by atoms with van der Waals surface area (Å²) in [5, 5.41) is 2.84. The number of hydrogen-bond donors (Lipinski definition) is 1. The van der Waals surface area contributed by atoms with Crippen molar-refractivity contribution < 1.29 is 18.7 Å². The lowest BCUT2D eigenvalue weighted by molar-refractivity contribution is 0.0950. The van der Waals surface area contributed by atoms with Crippen molar-refractivity contribution in [3.8, 4) is 11.5 Å². The second-order valence-electron chi connectivity index (χ2n) is 5.82. The van der Waals surface area contributed by atoms with E-state index in [4.69, 9.17) is 9.47 Å². The van der Waals surface area contributed by atoms with Gasteiger partial charge in [-0.15, -0.1) is 0 Å². The van der Waals surface area contributed by atoms with Gasteiger partial charge in [0.25, 0.3) is 5.91 Å². The van der Waals surface area contributed by atoms with Crippen molar-refractivity contribution in [1.82, 2.24) is 5.32 Å². The Kier molecular flexibility index (Phi) is 4.69. The maximum absolute atomic E-state index is 12.9. The summed E-state index contributed by atoms with van der Waals surface area (Å²) in [6.07, 6.45) is 1.01. The first-order chi connectivity index (χ1) is 11.6. The highest BCUT2D eigenvalue weighted by Crippen LogP contribution is 2.35. The summed E-state index contributed by atoms with van der Waals surface area (Å²) >= 11 is 0. The summed E-state index contributed by atoms with van der Waals surface area (Å²) in [5.41, 5.74) is 2.40. The molecule has 1 heterocycles. The molecular formula is C19H20FNO3. The quantitative estimate of drug-likeness (QED) is 0.913. The van der Waals surface area contributed by atoms with Crippen LogP contribution in [-0.2, 0) is 13.0 Å². The van der Waals surface area contributed by atoms with E-state index in [9.17, 15) is 9.18 Å². The number of carbonyl (C=O) groups is 1. The summed E-state index contributed by atoms with van der Waals surface area (Å²) in [4.78, 5) is 12.2. The molecule has 1 aliphatic heterocycles. The number of halogens is 1. The Labute approximate surface area is 140 Å². The van der Waals surface area contributed by atoms with Crippen LogP contribution in [0.1, 0.15) is 35.3 Å². The van der Waals surface area contributed by atoms with Crippen LogP contribution in [-0.4, -0.2) is 18.6 Å². The third-order valence-corrected chi connectivity index (χ3v) is 3.92. The zero-order chi connectivity index (χ0) is 17.1. The minimum atomic E-state index is -0.366. The largest absolute Gasteiger partial charge is 0.494 e. The van der Waals surface area contributed by atoms with Gasteiger partial charge in [0, 0.05) is 29.7 Å².